The zero-order valence-electron chi connectivity index (χ0n) is 18.0. The van der Waals surface area contributed by atoms with Gasteiger partial charge < -0.3 is 20.1 Å². The molecule has 2 amide bonds. The Bertz CT molecular complexity index is 1270. The average molecular weight is 524 g/mol. The van der Waals surface area contributed by atoms with Crippen LogP contribution in [0.25, 0.3) is 6.08 Å². The molecule has 0 aromatic heterocycles. The van der Waals surface area contributed by atoms with Crippen LogP contribution in [-0.4, -0.2) is 25.5 Å². The van der Waals surface area contributed by atoms with Crippen LogP contribution in [0.4, 0.5) is 15.8 Å². The summed E-state index contributed by atoms with van der Waals surface area (Å²) >= 11 is 3.34. The lowest BCUT2D eigenvalue weighted by molar-refractivity contribution is -0.118. The molecule has 3 rings (SSSR count). The van der Waals surface area contributed by atoms with Gasteiger partial charge in [-0.15, -0.1) is 0 Å². The lowest BCUT2D eigenvalue weighted by atomic mass is 10.1. The number of hydrogen-bond acceptors (Lipinski definition) is 5. The number of ether oxygens (including phenoxy) is 2. The third-order valence-electron chi connectivity index (χ3n) is 4.49. The van der Waals surface area contributed by atoms with E-state index in [1.165, 1.54) is 31.4 Å². The van der Waals surface area contributed by atoms with Gasteiger partial charge in [-0.3, -0.25) is 9.59 Å². The molecule has 0 saturated carbocycles. The molecule has 0 aliphatic carbocycles. The number of halogens is 2. The maximum atomic E-state index is 13.7. The van der Waals surface area contributed by atoms with E-state index in [4.69, 9.17) is 9.47 Å². The molecule has 0 bridgehead atoms. The SMILES string of the molecule is COc1ccc(NC(=O)/C(C#N)=C\c2cc(Br)ccc2OCC(=O)Nc2ccccc2F)cc1. The van der Waals surface area contributed by atoms with Gasteiger partial charge in [0, 0.05) is 15.7 Å². The monoisotopic (exact) mass is 523 g/mol. The number of anilines is 2. The second kappa shape index (κ2) is 11.6. The van der Waals surface area contributed by atoms with Gasteiger partial charge in [-0.2, -0.15) is 5.26 Å². The number of hydrogen-bond donors (Lipinski definition) is 2. The molecule has 0 heterocycles. The van der Waals surface area contributed by atoms with Gasteiger partial charge in [0.1, 0.15) is 29.0 Å². The minimum atomic E-state index is -0.615. The number of nitrogens with one attached hydrogen (secondary N) is 2. The molecule has 0 aliphatic heterocycles. The summed E-state index contributed by atoms with van der Waals surface area (Å²) in [7, 11) is 1.53. The van der Waals surface area contributed by atoms with Crippen molar-refractivity contribution >= 4 is 45.2 Å². The van der Waals surface area contributed by atoms with E-state index < -0.39 is 24.2 Å². The Balaban J connectivity index is 1.74. The first-order valence-corrected chi connectivity index (χ1v) is 10.7. The highest BCUT2D eigenvalue weighted by Gasteiger charge is 2.13. The Morgan fingerprint density at radius 1 is 1.09 bits per heavy atom. The highest BCUT2D eigenvalue weighted by molar-refractivity contribution is 9.10. The fourth-order valence-corrected chi connectivity index (χ4v) is 3.21. The summed E-state index contributed by atoms with van der Waals surface area (Å²) in [6.45, 7) is -0.406. The van der Waals surface area contributed by atoms with Crippen molar-refractivity contribution < 1.29 is 23.5 Å². The van der Waals surface area contributed by atoms with Gasteiger partial charge in [0.2, 0.25) is 0 Å². The topological polar surface area (TPSA) is 100 Å². The maximum absolute atomic E-state index is 13.7. The predicted octanol–water partition coefficient (Wildman–Crippen LogP) is 5.16. The molecule has 9 heteroatoms. The summed E-state index contributed by atoms with van der Waals surface area (Å²) in [5.41, 5.74) is 0.751. The van der Waals surface area contributed by atoms with Gasteiger partial charge in [-0.1, -0.05) is 28.1 Å². The van der Waals surface area contributed by atoms with Crippen molar-refractivity contribution in [2.45, 2.75) is 0 Å². The number of methoxy groups -OCH3 is 1. The van der Waals surface area contributed by atoms with Crippen LogP contribution in [0.5, 0.6) is 11.5 Å². The molecule has 0 saturated heterocycles. The lowest BCUT2D eigenvalue weighted by Gasteiger charge is -2.11. The van der Waals surface area contributed by atoms with Crippen molar-refractivity contribution in [3.05, 3.63) is 88.2 Å². The van der Waals surface area contributed by atoms with Crippen LogP contribution >= 0.6 is 15.9 Å². The smallest absolute Gasteiger partial charge is 0.266 e. The van der Waals surface area contributed by atoms with Gasteiger partial charge in [0.15, 0.2) is 6.61 Å². The Hall–Kier alpha value is -4.16. The van der Waals surface area contributed by atoms with E-state index in [1.807, 2.05) is 6.07 Å². The molecule has 0 atom stereocenters. The molecule has 3 aromatic carbocycles. The number of carbonyl (C=O) groups is 2. The first kappa shape index (κ1) is 24.5. The Morgan fingerprint density at radius 2 is 1.82 bits per heavy atom. The minimum Gasteiger partial charge on any atom is -0.497 e. The van der Waals surface area contributed by atoms with Crippen molar-refractivity contribution in [3.8, 4) is 17.6 Å². The van der Waals surface area contributed by atoms with Crippen LogP contribution in [0.3, 0.4) is 0 Å². The molecule has 0 spiro atoms. The van der Waals surface area contributed by atoms with Crippen molar-refractivity contribution in [1.82, 2.24) is 0 Å². The van der Waals surface area contributed by atoms with Crippen molar-refractivity contribution in [2.75, 3.05) is 24.4 Å². The number of benzene rings is 3. The van der Waals surface area contributed by atoms with E-state index in [1.54, 1.807) is 48.5 Å². The predicted molar refractivity (Wildman–Crippen MR) is 130 cm³/mol. The molecular weight excluding hydrogens is 505 g/mol. The third kappa shape index (κ3) is 6.67. The zero-order chi connectivity index (χ0) is 24.5. The second-order valence-corrected chi connectivity index (χ2v) is 7.77. The van der Waals surface area contributed by atoms with Crippen molar-refractivity contribution in [1.29, 1.82) is 5.26 Å². The zero-order valence-corrected chi connectivity index (χ0v) is 19.6. The van der Waals surface area contributed by atoms with Crippen LogP contribution in [0, 0.1) is 17.1 Å². The Kier molecular flexibility index (Phi) is 8.37. The molecule has 7 nitrogen and oxygen atoms in total. The molecule has 0 unspecified atom stereocenters. The number of nitrogens with zero attached hydrogens (tertiary/aromatic N) is 1. The molecular formula is C25H19BrFN3O4. The molecule has 3 aromatic rings. The van der Waals surface area contributed by atoms with E-state index in [9.17, 15) is 19.2 Å². The number of nitriles is 1. The minimum absolute atomic E-state index is 0.0361. The first-order valence-electron chi connectivity index (χ1n) is 9.93. The Labute approximate surface area is 203 Å². The lowest BCUT2D eigenvalue weighted by Crippen LogP contribution is -2.21. The van der Waals surface area contributed by atoms with Crippen molar-refractivity contribution in [3.63, 3.8) is 0 Å². The summed E-state index contributed by atoms with van der Waals surface area (Å²) in [5, 5.41) is 14.6. The van der Waals surface area contributed by atoms with E-state index in [-0.39, 0.29) is 17.0 Å². The van der Waals surface area contributed by atoms with Gasteiger partial charge in [-0.05, 0) is 60.7 Å². The first-order chi connectivity index (χ1) is 16.4. The second-order valence-electron chi connectivity index (χ2n) is 6.85. The molecule has 172 valence electrons. The summed E-state index contributed by atoms with van der Waals surface area (Å²) in [4.78, 5) is 24.8. The van der Waals surface area contributed by atoms with Crippen LogP contribution < -0.4 is 20.1 Å². The highest BCUT2D eigenvalue weighted by atomic mass is 79.9. The molecule has 2 N–H and O–H groups in total. The van der Waals surface area contributed by atoms with Crippen LogP contribution in [0.15, 0.2) is 76.8 Å². The molecule has 0 aliphatic rings. The summed E-state index contributed by atoms with van der Waals surface area (Å²) in [6, 6.07) is 19.2. The summed E-state index contributed by atoms with van der Waals surface area (Å²) in [5.74, 6) is -0.859. The fourth-order valence-electron chi connectivity index (χ4n) is 2.83. The van der Waals surface area contributed by atoms with E-state index >= 15 is 0 Å². The van der Waals surface area contributed by atoms with E-state index in [0.29, 0.717) is 21.5 Å². The van der Waals surface area contributed by atoms with E-state index in [0.717, 1.165) is 0 Å². The number of rotatable bonds is 8. The molecule has 0 fully saturated rings. The molecule has 34 heavy (non-hydrogen) atoms. The van der Waals surface area contributed by atoms with Gasteiger partial charge in [-0.25, -0.2) is 4.39 Å². The van der Waals surface area contributed by atoms with Gasteiger partial charge in [0.25, 0.3) is 11.8 Å². The maximum Gasteiger partial charge on any atom is 0.266 e. The van der Waals surface area contributed by atoms with Crippen LogP contribution in [0.1, 0.15) is 5.56 Å². The van der Waals surface area contributed by atoms with Gasteiger partial charge >= 0.3 is 0 Å². The fraction of sp³-hybridized carbons (Fsp3) is 0.0800. The Morgan fingerprint density at radius 3 is 2.50 bits per heavy atom. The quantitative estimate of drug-likeness (QED) is 0.313. The highest BCUT2D eigenvalue weighted by Crippen LogP contribution is 2.26. The van der Waals surface area contributed by atoms with Crippen molar-refractivity contribution in [2.24, 2.45) is 0 Å². The standard InChI is InChI=1S/C25H19BrFN3O4/c1-33-20-9-7-19(8-10-20)29-25(32)17(14-28)12-16-13-18(26)6-11-23(16)34-15-24(31)30-22-5-3-2-4-21(22)27/h2-13H,15H2,1H3,(H,29,32)(H,30,31)/b17-12-. The normalized spacial score (nSPS) is 10.7. The van der Waals surface area contributed by atoms with Gasteiger partial charge in [0.05, 0.1) is 12.8 Å². The largest absolute Gasteiger partial charge is 0.497 e. The summed E-state index contributed by atoms with van der Waals surface area (Å²) in [6.07, 6.45) is 1.35. The van der Waals surface area contributed by atoms with Crippen LogP contribution in [0.2, 0.25) is 0 Å². The number of para-hydroxylation sites is 1. The number of amides is 2. The third-order valence-corrected chi connectivity index (χ3v) is 4.98. The number of carbonyl (C=O) groups excluding carboxylic acids is 2. The van der Waals surface area contributed by atoms with Crippen LogP contribution in [-0.2, 0) is 9.59 Å². The molecule has 0 radical (unpaired) electrons. The average Bonchev–Trinajstić information content (AvgIpc) is 2.83. The van der Waals surface area contributed by atoms with E-state index in [2.05, 4.69) is 26.6 Å². The summed E-state index contributed by atoms with van der Waals surface area (Å²) < 4.78 is 25.1.